The van der Waals surface area contributed by atoms with Crippen molar-refractivity contribution < 1.29 is 14.3 Å². The maximum Gasteiger partial charge on any atom is 0.306 e. The zero-order valence-corrected chi connectivity index (χ0v) is 10.8. The molecule has 0 aliphatic heterocycles. The summed E-state index contributed by atoms with van der Waals surface area (Å²) in [5.41, 5.74) is 1.24. The predicted octanol–water partition coefficient (Wildman–Crippen LogP) is 2.76. The Hall–Kier alpha value is -2.23. The number of ketones is 1. The first-order valence-electron chi connectivity index (χ1n) is 6.25. The summed E-state index contributed by atoms with van der Waals surface area (Å²) in [5, 5.41) is 0.921. The van der Waals surface area contributed by atoms with Crippen molar-refractivity contribution in [2.45, 2.75) is 19.8 Å². The number of rotatable bonds is 5. The molecule has 0 atom stereocenters. The van der Waals surface area contributed by atoms with E-state index < -0.39 is 0 Å². The molecule has 0 radical (unpaired) electrons. The molecule has 0 unspecified atom stereocenters. The minimum Gasteiger partial charge on any atom is -0.466 e. The molecule has 1 aromatic heterocycles. The number of ether oxygens (including phenoxy) is 1. The van der Waals surface area contributed by atoms with Gasteiger partial charge in [-0.3, -0.25) is 14.6 Å². The molecule has 0 fully saturated rings. The normalized spacial score (nSPS) is 10.4. The average molecular weight is 257 g/mol. The molecule has 2 rings (SSSR count). The number of esters is 1. The molecule has 98 valence electrons. The van der Waals surface area contributed by atoms with E-state index in [0.29, 0.717) is 17.7 Å². The van der Waals surface area contributed by atoms with E-state index in [1.54, 1.807) is 19.2 Å². The van der Waals surface area contributed by atoms with Crippen LogP contribution in [0.25, 0.3) is 10.9 Å². The van der Waals surface area contributed by atoms with Crippen LogP contribution in [0.3, 0.4) is 0 Å². The average Bonchev–Trinajstić information content (AvgIpc) is 2.44. The van der Waals surface area contributed by atoms with Gasteiger partial charge in [0.2, 0.25) is 0 Å². The molecule has 0 amide bonds. The van der Waals surface area contributed by atoms with Crippen molar-refractivity contribution in [3.8, 4) is 0 Å². The first kappa shape index (κ1) is 13.2. The van der Waals surface area contributed by atoms with Gasteiger partial charge in [0.1, 0.15) is 0 Å². The maximum atomic E-state index is 12.1. The van der Waals surface area contributed by atoms with E-state index in [1.807, 2.05) is 24.3 Å². The van der Waals surface area contributed by atoms with Gasteiger partial charge in [0, 0.05) is 23.6 Å². The van der Waals surface area contributed by atoms with Crippen molar-refractivity contribution in [1.29, 1.82) is 0 Å². The molecular formula is C15H15NO3. The van der Waals surface area contributed by atoms with Crippen molar-refractivity contribution in [3.63, 3.8) is 0 Å². The Balaban J connectivity index is 2.15. The summed E-state index contributed by atoms with van der Waals surface area (Å²) in [6.45, 7) is 2.08. The molecule has 0 bridgehead atoms. The van der Waals surface area contributed by atoms with Crippen LogP contribution in [-0.4, -0.2) is 23.3 Å². The van der Waals surface area contributed by atoms with E-state index in [1.165, 1.54) is 0 Å². The van der Waals surface area contributed by atoms with Crippen LogP contribution in [0.4, 0.5) is 0 Å². The number of Topliss-reactive ketones (excluding diaryl/α,β-unsaturated/α-hetero) is 1. The lowest BCUT2D eigenvalue weighted by Gasteiger charge is -2.05. The Morgan fingerprint density at radius 1 is 1.16 bits per heavy atom. The molecule has 4 nitrogen and oxygen atoms in total. The van der Waals surface area contributed by atoms with Crippen LogP contribution in [0.5, 0.6) is 0 Å². The van der Waals surface area contributed by atoms with Crippen LogP contribution in [0.2, 0.25) is 0 Å². The number of aromatic nitrogens is 1. The topological polar surface area (TPSA) is 56.3 Å². The molecule has 0 saturated heterocycles. The number of carbonyl (C=O) groups is 2. The number of hydrogen-bond acceptors (Lipinski definition) is 4. The van der Waals surface area contributed by atoms with Crippen LogP contribution in [0, 0.1) is 0 Å². The number of carbonyl (C=O) groups excluding carboxylic acids is 2. The van der Waals surface area contributed by atoms with Gasteiger partial charge in [0.25, 0.3) is 0 Å². The molecule has 0 aliphatic rings. The summed E-state index contributed by atoms with van der Waals surface area (Å²) in [5.74, 6) is -0.429. The fourth-order valence-electron chi connectivity index (χ4n) is 1.91. The van der Waals surface area contributed by atoms with Gasteiger partial charge in [0.05, 0.1) is 18.5 Å². The molecule has 0 aliphatic carbocycles. The van der Waals surface area contributed by atoms with E-state index in [-0.39, 0.29) is 24.6 Å². The fraction of sp³-hybridized carbons (Fsp3) is 0.267. The zero-order valence-electron chi connectivity index (χ0n) is 10.8. The van der Waals surface area contributed by atoms with Gasteiger partial charge in [-0.2, -0.15) is 0 Å². The SMILES string of the molecule is CCOC(=O)CCC(=O)c1cccc2cccnc12. The second kappa shape index (κ2) is 6.09. The van der Waals surface area contributed by atoms with E-state index in [9.17, 15) is 9.59 Å². The quantitative estimate of drug-likeness (QED) is 0.610. The first-order chi connectivity index (χ1) is 9.22. The molecule has 0 saturated carbocycles. The van der Waals surface area contributed by atoms with Crippen LogP contribution in [0.15, 0.2) is 36.5 Å². The Morgan fingerprint density at radius 3 is 2.74 bits per heavy atom. The van der Waals surface area contributed by atoms with Gasteiger partial charge >= 0.3 is 5.97 Å². The van der Waals surface area contributed by atoms with Crippen molar-refractivity contribution in [2.24, 2.45) is 0 Å². The van der Waals surface area contributed by atoms with Crippen LogP contribution < -0.4 is 0 Å². The van der Waals surface area contributed by atoms with Crippen LogP contribution >= 0.6 is 0 Å². The molecule has 4 heteroatoms. The second-order valence-corrected chi connectivity index (χ2v) is 4.11. The van der Waals surface area contributed by atoms with E-state index in [4.69, 9.17) is 4.74 Å². The highest BCUT2D eigenvalue weighted by atomic mass is 16.5. The van der Waals surface area contributed by atoms with Gasteiger partial charge in [-0.15, -0.1) is 0 Å². The van der Waals surface area contributed by atoms with Gasteiger partial charge in [-0.1, -0.05) is 18.2 Å². The highest BCUT2D eigenvalue weighted by Crippen LogP contribution is 2.18. The summed E-state index contributed by atoms with van der Waals surface area (Å²) in [6.07, 6.45) is 1.91. The van der Waals surface area contributed by atoms with Crippen LogP contribution in [-0.2, 0) is 9.53 Å². The summed E-state index contributed by atoms with van der Waals surface area (Å²) >= 11 is 0. The number of nitrogens with zero attached hydrogens (tertiary/aromatic N) is 1. The van der Waals surface area contributed by atoms with E-state index in [2.05, 4.69) is 4.98 Å². The van der Waals surface area contributed by atoms with Crippen molar-refractivity contribution in [2.75, 3.05) is 6.61 Å². The third-order valence-electron chi connectivity index (χ3n) is 2.79. The molecule has 2 aromatic rings. The van der Waals surface area contributed by atoms with Crippen molar-refractivity contribution in [1.82, 2.24) is 4.98 Å². The van der Waals surface area contributed by atoms with Gasteiger partial charge in [-0.05, 0) is 19.1 Å². The fourth-order valence-corrected chi connectivity index (χ4v) is 1.91. The zero-order chi connectivity index (χ0) is 13.7. The number of benzene rings is 1. The summed E-state index contributed by atoms with van der Waals surface area (Å²) in [6, 6.07) is 9.20. The molecule has 1 aromatic carbocycles. The van der Waals surface area contributed by atoms with Gasteiger partial charge in [0.15, 0.2) is 5.78 Å². The number of hydrogen-bond donors (Lipinski definition) is 0. The maximum absolute atomic E-state index is 12.1. The minimum absolute atomic E-state index is 0.0858. The smallest absolute Gasteiger partial charge is 0.306 e. The largest absolute Gasteiger partial charge is 0.466 e. The minimum atomic E-state index is -0.343. The van der Waals surface area contributed by atoms with Crippen LogP contribution in [0.1, 0.15) is 30.1 Å². The van der Waals surface area contributed by atoms with Gasteiger partial charge < -0.3 is 4.74 Å². The summed E-state index contributed by atoms with van der Waals surface area (Å²) in [7, 11) is 0. The molecule has 19 heavy (non-hydrogen) atoms. The molecule has 1 heterocycles. The first-order valence-corrected chi connectivity index (χ1v) is 6.25. The standard InChI is InChI=1S/C15H15NO3/c1-2-19-14(18)9-8-13(17)12-7-3-5-11-6-4-10-16-15(11)12/h3-7,10H,2,8-9H2,1H3. The number of pyridine rings is 1. The van der Waals surface area contributed by atoms with Crippen molar-refractivity contribution in [3.05, 3.63) is 42.1 Å². The Kier molecular flexibility index (Phi) is 4.23. The lowest BCUT2D eigenvalue weighted by atomic mass is 10.0. The summed E-state index contributed by atoms with van der Waals surface area (Å²) < 4.78 is 4.81. The molecular weight excluding hydrogens is 242 g/mol. The lowest BCUT2D eigenvalue weighted by molar-refractivity contribution is -0.143. The Morgan fingerprint density at radius 2 is 1.95 bits per heavy atom. The third kappa shape index (κ3) is 3.16. The van der Waals surface area contributed by atoms with Crippen molar-refractivity contribution >= 4 is 22.7 Å². The monoisotopic (exact) mass is 257 g/mol. The highest BCUT2D eigenvalue weighted by molar-refractivity contribution is 6.07. The van der Waals surface area contributed by atoms with E-state index in [0.717, 1.165) is 5.39 Å². The van der Waals surface area contributed by atoms with E-state index >= 15 is 0 Å². The third-order valence-corrected chi connectivity index (χ3v) is 2.79. The number of para-hydroxylation sites is 1. The Bertz CT molecular complexity index is 602. The highest BCUT2D eigenvalue weighted by Gasteiger charge is 2.13. The van der Waals surface area contributed by atoms with Gasteiger partial charge in [-0.25, -0.2) is 0 Å². The Labute approximate surface area is 111 Å². The summed E-state index contributed by atoms with van der Waals surface area (Å²) in [4.78, 5) is 27.6. The molecule has 0 spiro atoms. The molecule has 0 N–H and O–H groups in total. The second-order valence-electron chi connectivity index (χ2n) is 4.11. The lowest BCUT2D eigenvalue weighted by Crippen LogP contribution is -2.08. The predicted molar refractivity (Wildman–Crippen MR) is 71.9 cm³/mol. The number of fused-ring (bicyclic) bond motifs is 1.